The maximum Gasteiger partial charge on any atom is 0.0660 e. The Morgan fingerprint density at radius 2 is 2.43 bits per heavy atom. The van der Waals surface area contributed by atoms with Gasteiger partial charge < -0.3 is 5.73 Å². The summed E-state index contributed by atoms with van der Waals surface area (Å²) < 4.78 is 2.07. The molecule has 0 fully saturated rings. The van der Waals surface area contributed by atoms with Gasteiger partial charge in [0.25, 0.3) is 0 Å². The number of aromatic nitrogens is 2. The van der Waals surface area contributed by atoms with E-state index in [-0.39, 0.29) is 0 Å². The maximum absolute atomic E-state index is 5.77. The van der Waals surface area contributed by atoms with E-state index in [0.717, 1.165) is 13.0 Å². The second-order valence-corrected chi connectivity index (χ2v) is 4.43. The molecule has 0 amide bonds. The van der Waals surface area contributed by atoms with Gasteiger partial charge in [0, 0.05) is 12.2 Å². The van der Waals surface area contributed by atoms with E-state index in [9.17, 15) is 0 Å². The van der Waals surface area contributed by atoms with Crippen molar-refractivity contribution in [2.24, 2.45) is 5.73 Å². The SMILES string of the molecule is CC(C)n1cc2c(n1)CCCC2CN. The van der Waals surface area contributed by atoms with Crippen molar-refractivity contribution >= 4 is 0 Å². The highest BCUT2D eigenvalue weighted by Crippen LogP contribution is 2.30. The molecule has 3 nitrogen and oxygen atoms in total. The van der Waals surface area contributed by atoms with Gasteiger partial charge in [-0.15, -0.1) is 0 Å². The van der Waals surface area contributed by atoms with Gasteiger partial charge in [0.15, 0.2) is 0 Å². The fourth-order valence-corrected chi connectivity index (χ4v) is 2.16. The molecule has 0 radical (unpaired) electrons. The van der Waals surface area contributed by atoms with Crippen molar-refractivity contribution < 1.29 is 0 Å². The molecule has 0 aliphatic heterocycles. The number of hydrogen-bond donors (Lipinski definition) is 1. The molecule has 1 atom stereocenters. The standard InChI is InChI=1S/C11H19N3/c1-8(2)14-7-10-9(6-12)4-3-5-11(10)13-14/h7-9H,3-6,12H2,1-2H3. The quantitative estimate of drug-likeness (QED) is 0.779. The summed E-state index contributed by atoms with van der Waals surface area (Å²) in [5.74, 6) is 0.547. The van der Waals surface area contributed by atoms with Gasteiger partial charge in [0.1, 0.15) is 0 Å². The van der Waals surface area contributed by atoms with Crippen LogP contribution in [0.2, 0.25) is 0 Å². The summed E-state index contributed by atoms with van der Waals surface area (Å²) in [5, 5.41) is 4.61. The molecule has 0 bridgehead atoms. The molecule has 1 aliphatic carbocycles. The molecule has 14 heavy (non-hydrogen) atoms. The predicted octanol–water partition coefficient (Wildman–Crippen LogP) is 1.84. The van der Waals surface area contributed by atoms with Gasteiger partial charge in [-0.3, -0.25) is 4.68 Å². The molecule has 1 unspecified atom stereocenters. The number of fused-ring (bicyclic) bond motifs is 1. The average molecular weight is 193 g/mol. The third-order valence-electron chi connectivity index (χ3n) is 3.06. The Balaban J connectivity index is 2.33. The summed E-state index contributed by atoms with van der Waals surface area (Å²) >= 11 is 0. The Kier molecular flexibility index (Phi) is 2.59. The van der Waals surface area contributed by atoms with Gasteiger partial charge in [-0.2, -0.15) is 5.10 Å². The molecule has 1 aromatic heterocycles. The van der Waals surface area contributed by atoms with Gasteiger partial charge in [-0.1, -0.05) is 0 Å². The normalized spacial score (nSPS) is 21.3. The Hall–Kier alpha value is -0.830. The molecule has 3 heteroatoms. The van der Waals surface area contributed by atoms with Gasteiger partial charge in [-0.25, -0.2) is 0 Å². The van der Waals surface area contributed by atoms with Crippen LogP contribution in [0.5, 0.6) is 0 Å². The molecular weight excluding hydrogens is 174 g/mol. The van der Waals surface area contributed by atoms with Crippen molar-refractivity contribution in [2.45, 2.75) is 45.1 Å². The van der Waals surface area contributed by atoms with Gasteiger partial charge in [0.05, 0.1) is 5.69 Å². The molecule has 2 rings (SSSR count). The van der Waals surface area contributed by atoms with Crippen LogP contribution in [0.15, 0.2) is 6.20 Å². The summed E-state index contributed by atoms with van der Waals surface area (Å²) in [4.78, 5) is 0. The van der Waals surface area contributed by atoms with Crippen LogP contribution in [0.25, 0.3) is 0 Å². The van der Waals surface area contributed by atoms with Crippen molar-refractivity contribution in [1.82, 2.24) is 9.78 Å². The zero-order valence-electron chi connectivity index (χ0n) is 9.03. The summed E-state index contributed by atoms with van der Waals surface area (Å²) in [7, 11) is 0. The summed E-state index contributed by atoms with van der Waals surface area (Å²) in [6, 6.07) is 0.457. The lowest BCUT2D eigenvalue weighted by atomic mass is 9.87. The molecule has 1 aromatic rings. The first-order valence-electron chi connectivity index (χ1n) is 5.50. The third kappa shape index (κ3) is 1.57. The number of rotatable bonds is 2. The maximum atomic E-state index is 5.77. The second-order valence-electron chi connectivity index (χ2n) is 4.43. The predicted molar refractivity (Wildman–Crippen MR) is 57.3 cm³/mol. The number of hydrogen-bond acceptors (Lipinski definition) is 2. The molecule has 1 heterocycles. The fourth-order valence-electron chi connectivity index (χ4n) is 2.16. The minimum atomic E-state index is 0.457. The minimum absolute atomic E-state index is 0.457. The van der Waals surface area contributed by atoms with Crippen LogP contribution in [-0.4, -0.2) is 16.3 Å². The van der Waals surface area contributed by atoms with E-state index in [0.29, 0.717) is 12.0 Å². The molecule has 0 spiro atoms. The van der Waals surface area contributed by atoms with Crippen molar-refractivity contribution in [3.63, 3.8) is 0 Å². The highest BCUT2D eigenvalue weighted by Gasteiger charge is 2.22. The average Bonchev–Trinajstić information content (AvgIpc) is 2.60. The lowest BCUT2D eigenvalue weighted by Gasteiger charge is -2.19. The summed E-state index contributed by atoms with van der Waals surface area (Å²) in [6.45, 7) is 5.09. The van der Waals surface area contributed by atoms with Crippen molar-refractivity contribution in [2.75, 3.05) is 6.54 Å². The number of aryl methyl sites for hydroxylation is 1. The van der Waals surface area contributed by atoms with Crippen molar-refractivity contribution in [3.8, 4) is 0 Å². The highest BCUT2D eigenvalue weighted by atomic mass is 15.3. The smallest absolute Gasteiger partial charge is 0.0660 e. The molecule has 2 N–H and O–H groups in total. The first kappa shape index (κ1) is 9.71. The Bertz CT molecular complexity index is 314. The van der Waals surface area contributed by atoms with Crippen LogP contribution in [0.1, 0.15) is 49.9 Å². The Labute approximate surface area is 85.3 Å². The minimum Gasteiger partial charge on any atom is -0.330 e. The van der Waals surface area contributed by atoms with Crippen LogP contribution in [-0.2, 0) is 6.42 Å². The van der Waals surface area contributed by atoms with E-state index in [4.69, 9.17) is 5.73 Å². The molecule has 0 aromatic carbocycles. The lowest BCUT2D eigenvalue weighted by Crippen LogP contribution is -2.17. The van der Waals surface area contributed by atoms with Crippen molar-refractivity contribution in [3.05, 3.63) is 17.5 Å². The topological polar surface area (TPSA) is 43.8 Å². The van der Waals surface area contributed by atoms with E-state index < -0.39 is 0 Å². The van der Waals surface area contributed by atoms with E-state index >= 15 is 0 Å². The zero-order valence-corrected chi connectivity index (χ0v) is 9.03. The van der Waals surface area contributed by atoms with E-state index in [1.165, 1.54) is 24.1 Å². The highest BCUT2D eigenvalue weighted by molar-refractivity contribution is 5.25. The first-order valence-corrected chi connectivity index (χ1v) is 5.50. The molecule has 0 saturated carbocycles. The number of nitrogens with zero attached hydrogens (tertiary/aromatic N) is 2. The van der Waals surface area contributed by atoms with E-state index in [1.54, 1.807) is 0 Å². The molecule has 78 valence electrons. The summed E-state index contributed by atoms with van der Waals surface area (Å²) in [5.41, 5.74) is 8.44. The zero-order chi connectivity index (χ0) is 10.1. The molecular formula is C11H19N3. The monoisotopic (exact) mass is 193 g/mol. The Morgan fingerprint density at radius 3 is 3.07 bits per heavy atom. The second kappa shape index (κ2) is 3.73. The molecule has 1 aliphatic rings. The van der Waals surface area contributed by atoms with Gasteiger partial charge in [0.2, 0.25) is 0 Å². The fraction of sp³-hybridized carbons (Fsp3) is 0.727. The number of nitrogens with two attached hydrogens (primary N) is 1. The third-order valence-corrected chi connectivity index (χ3v) is 3.06. The Morgan fingerprint density at radius 1 is 1.64 bits per heavy atom. The molecule has 0 saturated heterocycles. The van der Waals surface area contributed by atoms with Crippen LogP contribution >= 0.6 is 0 Å². The van der Waals surface area contributed by atoms with Crippen LogP contribution in [0.3, 0.4) is 0 Å². The lowest BCUT2D eigenvalue weighted by molar-refractivity contribution is 0.523. The van der Waals surface area contributed by atoms with Crippen molar-refractivity contribution in [1.29, 1.82) is 0 Å². The van der Waals surface area contributed by atoms with Crippen LogP contribution in [0, 0.1) is 0 Å². The van der Waals surface area contributed by atoms with Gasteiger partial charge >= 0.3 is 0 Å². The van der Waals surface area contributed by atoms with E-state index in [2.05, 4.69) is 29.8 Å². The largest absolute Gasteiger partial charge is 0.330 e. The van der Waals surface area contributed by atoms with Crippen LogP contribution in [0.4, 0.5) is 0 Å². The summed E-state index contributed by atoms with van der Waals surface area (Å²) in [6.07, 6.45) is 5.79. The first-order chi connectivity index (χ1) is 6.72. The van der Waals surface area contributed by atoms with Crippen LogP contribution < -0.4 is 5.73 Å². The van der Waals surface area contributed by atoms with Gasteiger partial charge in [-0.05, 0) is 51.1 Å². The van der Waals surface area contributed by atoms with E-state index in [1.807, 2.05) is 0 Å².